The monoisotopic (exact) mass is 289 g/mol. The third-order valence-electron chi connectivity index (χ3n) is 2.65. The minimum atomic E-state index is -0.194. The highest BCUT2D eigenvalue weighted by molar-refractivity contribution is 6.31. The minimum absolute atomic E-state index is 0.194. The molecule has 0 bridgehead atoms. The molecule has 20 heavy (non-hydrogen) atoms. The Kier molecular flexibility index (Phi) is 5.02. The summed E-state index contributed by atoms with van der Waals surface area (Å²) in [6.07, 6.45) is 0.944. The van der Waals surface area contributed by atoms with Crippen molar-refractivity contribution in [3.63, 3.8) is 0 Å². The van der Waals surface area contributed by atoms with Crippen LogP contribution in [-0.4, -0.2) is 12.5 Å². The lowest BCUT2D eigenvalue weighted by Crippen LogP contribution is -2.11. The molecule has 1 amide bonds. The van der Waals surface area contributed by atoms with Crippen molar-refractivity contribution in [1.29, 1.82) is 0 Å². The van der Waals surface area contributed by atoms with E-state index >= 15 is 0 Å². The van der Waals surface area contributed by atoms with Crippen LogP contribution in [-0.2, 0) is 0 Å². The molecule has 0 unspecified atom stereocenters. The summed E-state index contributed by atoms with van der Waals surface area (Å²) in [5.74, 6) is 0.552. The third-order valence-corrected chi connectivity index (χ3v) is 2.89. The van der Waals surface area contributed by atoms with E-state index in [-0.39, 0.29) is 5.91 Å². The number of carbonyl (C=O) groups excluding carboxylic acids is 1. The van der Waals surface area contributed by atoms with Gasteiger partial charge in [0.25, 0.3) is 5.91 Å². The third kappa shape index (κ3) is 4.00. The van der Waals surface area contributed by atoms with Crippen LogP contribution in [0.25, 0.3) is 0 Å². The molecule has 0 aliphatic heterocycles. The number of ether oxygens (including phenoxy) is 1. The van der Waals surface area contributed by atoms with Gasteiger partial charge in [0, 0.05) is 22.3 Å². The lowest BCUT2D eigenvalue weighted by atomic mass is 10.2. The van der Waals surface area contributed by atoms with E-state index in [4.69, 9.17) is 16.3 Å². The Bertz CT molecular complexity index is 599. The molecule has 4 heteroatoms. The first-order chi connectivity index (χ1) is 9.69. The standard InChI is InChI=1S/C16H16ClNO2/c1-2-9-20-15-8-4-7-14(11-15)18-16(19)12-5-3-6-13(17)10-12/h3-8,10-11H,2,9H2,1H3,(H,18,19). The van der Waals surface area contributed by atoms with Gasteiger partial charge in [0.2, 0.25) is 0 Å². The van der Waals surface area contributed by atoms with Crippen LogP contribution in [0.4, 0.5) is 5.69 Å². The molecule has 1 N–H and O–H groups in total. The lowest BCUT2D eigenvalue weighted by molar-refractivity contribution is 0.102. The summed E-state index contributed by atoms with van der Waals surface area (Å²) >= 11 is 5.87. The Morgan fingerprint density at radius 2 is 2.00 bits per heavy atom. The van der Waals surface area contributed by atoms with Crippen LogP contribution in [0.3, 0.4) is 0 Å². The van der Waals surface area contributed by atoms with E-state index in [0.717, 1.165) is 12.2 Å². The van der Waals surface area contributed by atoms with Crippen LogP contribution in [0.5, 0.6) is 5.75 Å². The van der Waals surface area contributed by atoms with E-state index in [1.807, 2.05) is 25.1 Å². The van der Waals surface area contributed by atoms with Gasteiger partial charge in [-0.15, -0.1) is 0 Å². The van der Waals surface area contributed by atoms with Gasteiger partial charge in [0.05, 0.1) is 6.61 Å². The minimum Gasteiger partial charge on any atom is -0.494 e. The number of anilines is 1. The Morgan fingerprint density at radius 1 is 1.20 bits per heavy atom. The number of halogens is 1. The number of hydrogen-bond donors (Lipinski definition) is 1. The second-order valence-electron chi connectivity index (χ2n) is 4.34. The van der Waals surface area contributed by atoms with Crippen LogP contribution in [0, 0.1) is 0 Å². The predicted molar refractivity (Wildman–Crippen MR) is 81.6 cm³/mol. The maximum Gasteiger partial charge on any atom is 0.255 e. The lowest BCUT2D eigenvalue weighted by Gasteiger charge is -2.08. The summed E-state index contributed by atoms with van der Waals surface area (Å²) in [6.45, 7) is 2.70. The van der Waals surface area contributed by atoms with Gasteiger partial charge < -0.3 is 10.1 Å². The van der Waals surface area contributed by atoms with E-state index in [1.54, 1.807) is 30.3 Å². The molecule has 2 aromatic carbocycles. The largest absolute Gasteiger partial charge is 0.494 e. The molecular weight excluding hydrogens is 274 g/mol. The van der Waals surface area contributed by atoms with E-state index in [1.165, 1.54) is 0 Å². The number of amides is 1. The van der Waals surface area contributed by atoms with Gasteiger partial charge in [-0.1, -0.05) is 30.7 Å². The van der Waals surface area contributed by atoms with Crippen molar-refractivity contribution >= 4 is 23.2 Å². The Hall–Kier alpha value is -2.00. The molecule has 104 valence electrons. The van der Waals surface area contributed by atoms with Crippen molar-refractivity contribution < 1.29 is 9.53 Å². The molecule has 2 aromatic rings. The quantitative estimate of drug-likeness (QED) is 0.887. The fraction of sp³-hybridized carbons (Fsp3) is 0.188. The SMILES string of the molecule is CCCOc1cccc(NC(=O)c2cccc(Cl)c2)c1. The fourth-order valence-corrected chi connectivity index (χ4v) is 1.91. The summed E-state index contributed by atoms with van der Waals surface area (Å²) in [6, 6.07) is 14.2. The highest BCUT2D eigenvalue weighted by Gasteiger charge is 2.07. The molecule has 0 saturated carbocycles. The molecule has 0 radical (unpaired) electrons. The zero-order valence-corrected chi connectivity index (χ0v) is 12.0. The number of nitrogens with one attached hydrogen (secondary N) is 1. The van der Waals surface area contributed by atoms with Crippen molar-refractivity contribution in [3.05, 3.63) is 59.1 Å². The second kappa shape index (κ2) is 6.96. The summed E-state index contributed by atoms with van der Waals surface area (Å²) in [4.78, 5) is 12.1. The molecule has 0 saturated heterocycles. The Labute approximate surface area is 123 Å². The van der Waals surface area contributed by atoms with Crippen LogP contribution in [0.2, 0.25) is 5.02 Å². The average Bonchev–Trinajstić information content (AvgIpc) is 2.45. The van der Waals surface area contributed by atoms with Gasteiger partial charge in [-0.25, -0.2) is 0 Å². The van der Waals surface area contributed by atoms with E-state index < -0.39 is 0 Å². The van der Waals surface area contributed by atoms with Crippen LogP contribution < -0.4 is 10.1 Å². The first kappa shape index (κ1) is 14.4. The first-order valence-electron chi connectivity index (χ1n) is 6.49. The summed E-state index contributed by atoms with van der Waals surface area (Å²) in [5.41, 5.74) is 1.22. The summed E-state index contributed by atoms with van der Waals surface area (Å²) in [5, 5.41) is 3.36. The van der Waals surface area contributed by atoms with Crippen LogP contribution in [0.1, 0.15) is 23.7 Å². The van der Waals surface area contributed by atoms with Gasteiger partial charge >= 0.3 is 0 Å². The molecule has 3 nitrogen and oxygen atoms in total. The molecule has 2 rings (SSSR count). The molecule has 0 aliphatic rings. The predicted octanol–water partition coefficient (Wildman–Crippen LogP) is 4.38. The molecule has 0 aliphatic carbocycles. The molecule has 0 fully saturated rings. The smallest absolute Gasteiger partial charge is 0.255 e. The van der Waals surface area contributed by atoms with Crippen molar-refractivity contribution in [2.75, 3.05) is 11.9 Å². The van der Waals surface area contributed by atoms with Crippen LogP contribution in [0.15, 0.2) is 48.5 Å². The molecular formula is C16H16ClNO2. The van der Waals surface area contributed by atoms with Gasteiger partial charge in [0.15, 0.2) is 0 Å². The van der Waals surface area contributed by atoms with Crippen LogP contribution >= 0.6 is 11.6 Å². The molecule has 0 aromatic heterocycles. The zero-order chi connectivity index (χ0) is 14.4. The fourth-order valence-electron chi connectivity index (χ4n) is 1.72. The van der Waals surface area contributed by atoms with Gasteiger partial charge in [-0.05, 0) is 36.8 Å². The normalized spacial score (nSPS) is 10.1. The second-order valence-corrected chi connectivity index (χ2v) is 4.78. The van der Waals surface area contributed by atoms with Gasteiger partial charge in [0.1, 0.15) is 5.75 Å². The molecule has 0 spiro atoms. The Morgan fingerprint density at radius 3 is 2.75 bits per heavy atom. The molecule has 0 atom stereocenters. The van der Waals surface area contributed by atoms with Crippen molar-refractivity contribution in [2.24, 2.45) is 0 Å². The van der Waals surface area contributed by atoms with E-state index in [0.29, 0.717) is 22.9 Å². The summed E-state index contributed by atoms with van der Waals surface area (Å²) in [7, 11) is 0. The Balaban J connectivity index is 2.07. The number of rotatable bonds is 5. The maximum atomic E-state index is 12.1. The highest BCUT2D eigenvalue weighted by Crippen LogP contribution is 2.19. The average molecular weight is 290 g/mol. The number of carbonyl (C=O) groups is 1. The zero-order valence-electron chi connectivity index (χ0n) is 11.2. The van der Waals surface area contributed by atoms with Crippen molar-refractivity contribution in [2.45, 2.75) is 13.3 Å². The first-order valence-corrected chi connectivity index (χ1v) is 6.86. The topological polar surface area (TPSA) is 38.3 Å². The number of benzene rings is 2. The van der Waals surface area contributed by atoms with Gasteiger partial charge in [-0.2, -0.15) is 0 Å². The van der Waals surface area contributed by atoms with Gasteiger partial charge in [-0.3, -0.25) is 4.79 Å². The highest BCUT2D eigenvalue weighted by atomic mass is 35.5. The van der Waals surface area contributed by atoms with E-state index in [2.05, 4.69) is 5.32 Å². The summed E-state index contributed by atoms with van der Waals surface area (Å²) < 4.78 is 5.53. The maximum absolute atomic E-state index is 12.1. The van der Waals surface area contributed by atoms with E-state index in [9.17, 15) is 4.79 Å². The van der Waals surface area contributed by atoms with Crippen molar-refractivity contribution in [1.82, 2.24) is 0 Å². The van der Waals surface area contributed by atoms with Crippen molar-refractivity contribution in [3.8, 4) is 5.75 Å². The number of hydrogen-bond acceptors (Lipinski definition) is 2. The molecule has 0 heterocycles.